The summed E-state index contributed by atoms with van der Waals surface area (Å²) in [7, 11) is 0. The number of piperazine rings is 1. The molecule has 29 heavy (non-hydrogen) atoms. The molecule has 0 radical (unpaired) electrons. The van der Waals surface area contributed by atoms with E-state index in [2.05, 4.69) is 27.0 Å². The molecule has 1 saturated heterocycles. The minimum atomic E-state index is 0.0150. The number of hydrogen-bond donors (Lipinski definition) is 0. The number of hydrogen-bond acceptors (Lipinski definition) is 6. The fourth-order valence-electron chi connectivity index (χ4n) is 3.69. The molecule has 6 nitrogen and oxygen atoms in total. The summed E-state index contributed by atoms with van der Waals surface area (Å²) in [6.07, 6.45) is 1.61. The van der Waals surface area contributed by atoms with Gasteiger partial charge in [-0.25, -0.2) is 9.97 Å². The van der Waals surface area contributed by atoms with Gasteiger partial charge < -0.3 is 14.5 Å². The molecule has 5 rings (SSSR count). The van der Waals surface area contributed by atoms with Crippen LogP contribution in [0.1, 0.15) is 0 Å². The topological polar surface area (TPSA) is 58.6 Å². The minimum absolute atomic E-state index is 0.0150. The van der Waals surface area contributed by atoms with Gasteiger partial charge in [0.15, 0.2) is 6.61 Å². The van der Waals surface area contributed by atoms with Crippen LogP contribution in [0.5, 0.6) is 5.75 Å². The summed E-state index contributed by atoms with van der Waals surface area (Å²) in [5.74, 6) is 1.69. The van der Waals surface area contributed by atoms with Gasteiger partial charge in [0.25, 0.3) is 5.91 Å². The van der Waals surface area contributed by atoms with Gasteiger partial charge in [-0.3, -0.25) is 4.79 Å². The average Bonchev–Trinajstić information content (AvgIpc) is 3.26. The van der Waals surface area contributed by atoms with Crippen LogP contribution in [0.2, 0.25) is 0 Å². The number of carbonyl (C=O) groups is 1. The van der Waals surface area contributed by atoms with Crippen molar-refractivity contribution in [1.29, 1.82) is 0 Å². The van der Waals surface area contributed by atoms with E-state index in [0.29, 0.717) is 13.1 Å². The number of nitrogens with zero attached hydrogens (tertiary/aromatic N) is 4. The Labute approximate surface area is 172 Å². The molecule has 0 bridgehead atoms. The summed E-state index contributed by atoms with van der Waals surface area (Å²) in [6.45, 7) is 2.89. The highest BCUT2D eigenvalue weighted by atomic mass is 32.1. The Hall–Kier alpha value is -3.19. The standard InChI is InChI=1S/C22H20N4O2S/c27-20(14-28-18-6-5-16-3-1-2-4-17(16)13-18)25-8-10-26(11-9-25)21-19-7-12-29-22(19)24-15-23-21/h1-7,12-13,15H,8-11,14H2. The number of ether oxygens (including phenoxy) is 1. The number of rotatable bonds is 4. The molecule has 2 aromatic carbocycles. The predicted molar refractivity (Wildman–Crippen MR) is 116 cm³/mol. The van der Waals surface area contributed by atoms with Crippen LogP contribution in [-0.4, -0.2) is 53.6 Å². The van der Waals surface area contributed by atoms with Gasteiger partial charge in [-0.1, -0.05) is 30.3 Å². The summed E-state index contributed by atoms with van der Waals surface area (Å²) < 4.78 is 5.76. The number of carbonyl (C=O) groups excluding carboxylic acids is 1. The van der Waals surface area contributed by atoms with Crippen molar-refractivity contribution >= 4 is 44.1 Å². The largest absolute Gasteiger partial charge is 0.484 e. The van der Waals surface area contributed by atoms with E-state index in [1.54, 1.807) is 17.7 Å². The molecule has 0 spiro atoms. The third kappa shape index (κ3) is 3.61. The number of thiophene rings is 1. The first-order valence-corrected chi connectivity index (χ1v) is 10.5. The Morgan fingerprint density at radius 3 is 2.69 bits per heavy atom. The van der Waals surface area contributed by atoms with Crippen LogP contribution in [0, 0.1) is 0 Å². The van der Waals surface area contributed by atoms with Gasteiger partial charge in [-0.2, -0.15) is 0 Å². The molecule has 7 heteroatoms. The first kappa shape index (κ1) is 17.9. The summed E-state index contributed by atoms with van der Waals surface area (Å²) in [6, 6.07) is 16.1. The van der Waals surface area contributed by atoms with Gasteiger partial charge in [-0.05, 0) is 34.4 Å². The van der Waals surface area contributed by atoms with E-state index in [1.807, 2.05) is 46.7 Å². The Morgan fingerprint density at radius 1 is 1.00 bits per heavy atom. The fraction of sp³-hybridized carbons (Fsp3) is 0.227. The molecule has 0 N–H and O–H groups in total. The van der Waals surface area contributed by atoms with Gasteiger partial charge in [0, 0.05) is 26.2 Å². The zero-order valence-corrected chi connectivity index (χ0v) is 16.6. The van der Waals surface area contributed by atoms with Crippen molar-refractivity contribution in [1.82, 2.24) is 14.9 Å². The number of amides is 1. The maximum absolute atomic E-state index is 12.6. The Kier molecular flexibility index (Phi) is 4.73. The van der Waals surface area contributed by atoms with Crippen LogP contribution < -0.4 is 9.64 Å². The second kappa shape index (κ2) is 7.67. The van der Waals surface area contributed by atoms with Gasteiger partial charge >= 0.3 is 0 Å². The van der Waals surface area contributed by atoms with Crippen molar-refractivity contribution in [2.75, 3.05) is 37.7 Å². The number of fused-ring (bicyclic) bond motifs is 2. The fourth-order valence-corrected chi connectivity index (χ4v) is 4.42. The third-order valence-electron chi connectivity index (χ3n) is 5.26. The molecule has 1 fully saturated rings. The third-order valence-corrected chi connectivity index (χ3v) is 6.08. The van der Waals surface area contributed by atoms with E-state index in [1.165, 1.54) is 0 Å². The zero-order valence-electron chi connectivity index (χ0n) is 15.8. The highest BCUT2D eigenvalue weighted by Crippen LogP contribution is 2.27. The summed E-state index contributed by atoms with van der Waals surface area (Å²) in [4.78, 5) is 26.5. The lowest BCUT2D eigenvalue weighted by Crippen LogP contribution is -2.50. The van der Waals surface area contributed by atoms with E-state index >= 15 is 0 Å². The van der Waals surface area contributed by atoms with Gasteiger partial charge in [0.1, 0.15) is 22.7 Å². The number of benzene rings is 2. The summed E-state index contributed by atoms with van der Waals surface area (Å²) in [5.41, 5.74) is 0. The predicted octanol–water partition coefficient (Wildman–Crippen LogP) is 3.57. The molecule has 1 aliphatic rings. The monoisotopic (exact) mass is 404 g/mol. The van der Waals surface area contributed by atoms with Crippen LogP contribution in [0.15, 0.2) is 60.2 Å². The van der Waals surface area contributed by atoms with E-state index in [4.69, 9.17) is 4.74 Å². The molecule has 0 unspecified atom stereocenters. The summed E-state index contributed by atoms with van der Waals surface area (Å²) in [5, 5.41) is 5.38. The molecule has 146 valence electrons. The normalized spacial score (nSPS) is 14.5. The SMILES string of the molecule is O=C(COc1ccc2ccccc2c1)N1CCN(c2ncnc3sccc23)CC1. The highest BCUT2D eigenvalue weighted by Gasteiger charge is 2.23. The van der Waals surface area contributed by atoms with Crippen molar-refractivity contribution in [3.63, 3.8) is 0 Å². The Morgan fingerprint density at radius 2 is 1.83 bits per heavy atom. The minimum Gasteiger partial charge on any atom is -0.484 e. The second-order valence-electron chi connectivity index (χ2n) is 7.00. The first-order chi connectivity index (χ1) is 14.3. The number of anilines is 1. The second-order valence-corrected chi connectivity index (χ2v) is 7.90. The van der Waals surface area contributed by atoms with Gasteiger partial charge in [0.05, 0.1) is 5.39 Å². The van der Waals surface area contributed by atoms with Crippen molar-refractivity contribution in [2.24, 2.45) is 0 Å². The zero-order chi connectivity index (χ0) is 19.6. The quantitative estimate of drug-likeness (QED) is 0.520. The van der Waals surface area contributed by atoms with Crippen molar-refractivity contribution in [2.45, 2.75) is 0 Å². The van der Waals surface area contributed by atoms with Gasteiger partial charge in [0.2, 0.25) is 0 Å². The molecule has 3 heterocycles. The molecular formula is C22H20N4O2S. The van der Waals surface area contributed by atoms with Crippen LogP contribution in [0.4, 0.5) is 5.82 Å². The van der Waals surface area contributed by atoms with E-state index in [0.717, 1.165) is 45.6 Å². The van der Waals surface area contributed by atoms with Crippen molar-refractivity contribution in [3.05, 3.63) is 60.2 Å². The maximum atomic E-state index is 12.6. The molecule has 0 saturated carbocycles. The summed E-state index contributed by atoms with van der Waals surface area (Å²) >= 11 is 1.62. The molecular weight excluding hydrogens is 384 g/mol. The molecule has 1 aliphatic heterocycles. The van der Waals surface area contributed by atoms with E-state index in [9.17, 15) is 4.79 Å². The van der Waals surface area contributed by atoms with Crippen LogP contribution in [0.3, 0.4) is 0 Å². The van der Waals surface area contributed by atoms with E-state index < -0.39 is 0 Å². The lowest BCUT2D eigenvalue weighted by molar-refractivity contribution is -0.133. The van der Waals surface area contributed by atoms with E-state index in [-0.39, 0.29) is 12.5 Å². The van der Waals surface area contributed by atoms with Crippen molar-refractivity contribution < 1.29 is 9.53 Å². The number of aromatic nitrogens is 2. The highest BCUT2D eigenvalue weighted by molar-refractivity contribution is 7.16. The average molecular weight is 404 g/mol. The Bertz CT molecular complexity index is 1170. The van der Waals surface area contributed by atoms with Gasteiger partial charge in [-0.15, -0.1) is 11.3 Å². The smallest absolute Gasteiger partial charge is 0.260 e. The maximum Gasteiger partial charge on any atom is 0.260 e. The molecule has 2 aromatic heterocycles. The van der Waals surface area contributed by atoms with Crippen LogP contribution >= 0.6 is 11.3 Å². The lowest BCUT2D eigenvalue weighted by Gasteiger charge is -2.35. The Balaban J connectivity index is 1.19. The molecule has 4 aromatic rings. The lowest BCUT2D eigenvalue weighted by atomic mass is 10.1. The van der Waals surface area contributed by atoms with Crippen LogP contribution in [-0.2, 0) is 4.79 Å². The molecule has 1 amide bonds. The van der Waals surface area contributed by atoms with Crippen LogP contribution in [0.25, 0.3) is 21.0 Å². The molecule has 0 aliphatic carbocycles. The molecule has 0 atom stereocenters. The van der Waals surface area contributed by atoms with Crippen molar-refractivity contribution in [3.8, 4) is 5.75 Å². The first-order valence-electron chi connectivity index (χ1n) is 9.60.